The highest BCUT2D eigenvalue weighted by molar-refractivity contribution is 5.71. The van der Waals surface area contributed by atoms with Gasteiger partial charge in [0.1, 0.15) is 28.8 Å². The second-order valence-electron chi connectivity index (χ2n) is 11.3. The van der Waals surface area contributed by atoms with Gasteiger partial charge in [-0.25, -0.2) is 26.3 Å². The van der Waals surface area contributed by atoms with E-state index in [-0.39, 0.29) is 23.3 Å². The minimum Gasteiger partial charge on any atom is -0.429 e. The molecule has 0 N–H and O–H groups in total. The van der Waals surface area contributed by atoms with Gasteiger partial charge in [0.2, 0.25) is 0 Å². The molecule has 5 rings (SSSR count). The van der Waals surface area contributed by atoms with E-state index >= 15 is 4.39 Å². The van der Waals surface area contributed by atoms with Gasteiger partial charge in [0, 0.05) is 17.7 Å². The number of hydrogen-bond acceptors (Lipinski definition) is 1. The van der Waals surface area contributed by atoms with Gasteiger partial charge in [-0.2, -0.15) is 8.78 Å². The van der Waals surface area contributed by atoms with Crippen molar-refractivity contribution in [2.75, 3.05) is 0 Å². The van der Waals surface area contributed by atoms with Gasteiger partial charge in [0.15, 0.2) is 17.5 Å². The zero-order valence-electron chi connectivity index (χ0n) is 24.3. The summed E-state index contributed by atoms with van der Waals surface area (Å²) in [4.78, 5) is 0. The molecular weight excluding hydrogens is 600 g/mol. The maximum atomic E-state index is 15.2. The third-order valence-corrected chi connectivity index (χ3v) is 8.36. The molecule has 9 heteroatoms. The number of allylic oxidation sites excluding steroid dienone is 2. The molecule has 236 valence electrons. The summed E-state index contributed by atoms with van der Waals surface area (Å²) in [7, 11) is 0. The monoisotopic (exact) mass is 630 g/mol. The van der Waals surface area contributed by atoms with E-state index < -0.39 is 52.3 Å². The van der Waals surface area contributed by atoms with Crippen LogP contribution in [0.25, 0.3) is 22.3 Å². The van der Waals surface area contributed by atoms with Crippen molar-refractivity contribution in [2.24, 2.45) is 5.92 Å². The summed E-state index contributed by atoms with van der Waals surface area (Å²) in [6.07, 6.45) is 6.50. The van der Waals surface area contributed by atoms with Crippen molar-refractivity contribution < 1.29 is 39.9 Å². The van der Waals surface area contributed by atoms with E-state index in [1.165, 1.54) is 37.0 Å². The fourth-order valence-electron chi connectivity index (χ4n) is 5.96. The van der Waals surface area contributed by atoms with Crippen LogP contribution in [0.5, 0.6) is 5.75 Å². The SMILES string of the molecule is C/C=C/CCC1CCC(c2ccc(-c3ccc(-c4cc(F)c(C(F)(F)Oc5cc(F)c(F)c(F)c5)c(F)c4)c(F)c3)cc2)CC1. The van der Waals surface area contributed by atoms with Crippen molar-refractivity contribution in [1.82, 2.24) is 0 Å². The maximum Gasteiger partial charge on any atom is 0.432 e. The molecule has 0 radical (unpaired) electrons. The predicted octanol–water partition coefficient (Wildman–Crippen LogP) is 11.6. The zero-order valence-corrected chi connectivity index (χ0v) is 24.3. The van der Waals surface area contributed by atoms with E-state index in [1.54, 1.807) is 6.07 Å². The first-order chi connectivity index (χ1) is 21.5. The van der Waals surface area contributed by atoms with Crippen molar-refractivity contribution >= 4 is 0 Å². The lowest BCUT2D eigenvalue weighted by molar-refractivity contribution is -0.189. The number of hydrogen-bond donors (Lipinski definition) is 0. The standard InChI is InChI=1S/C36H30F8O/c1-2-3-4-5-21-6-8-22(9-7-21)23-10-12-24(13-11-23)25-14-15-28(29(37)16-25)26-17-30(38)34(31(39)18-26)36(43,44)45-27-19-32(40)35(42)33(41)20-27/h2-3,10-22H,4-9H2,1H3/b3-2+. The van der Waals surface area contributed by atoms with E-state index in [0.717, 1.165) is 30.7 Å². The molecule has 4 aromatic carbocycles. The van der Waals surface area contributed by atoms with Crippen LogP contribution in [0.15, 0.2) is 78.9 Å². The lowest BCUT2D eigenvalue weighted by Crippen LogP contribution is -2.25. The second-order valence-corrected chi connectivity index (χ2v) is 11.3. The summed E-state index contributed by atoms with van der Waals surface area (Å²) in [5.41, 5.74) is 0.0241. The molecule has 1 fully saturated rings. The van der Waals surface area contributed by atoms with Gasteiger partial charge < -0.3 is 4.74 Å². The van der Waals surface area contributed by atoms with E-state index in [1.807, 2.05) is 31.2 Å². The molecule has 0 spiro atoms. The van der Waals surface area contributed by atoms with Crippen LogP contribution in [0, 0.1) is 40.8 Å². The molecule has 0 bridgehead atoms. The number of halogens is 8. The van der Waals surface area contributed by atoms with E-state index in [2.05, 4.69) is 16.9 Å². The van der Waals surface area contributed by atoms with Gasteiger partial charge in [-0.15, -0.1) is 0 Å². The summed E-state index contributed by atoms with van der Waals surface area (Å²) < 4.78 is 118. The van der Waals surface area contributed by atoms with Crippen molar-refractivity contribution in [2.45, 2.75) is 57.5 Å². The molecular formula is C36H30F8O. The Morgan fingerprint density at radius 3 is 1.84 bits per heavy atom. The van der Waals surface area contributed by atoms with E-state index in [4.69, 9.17) is 0 Å². The molecule has 1 saturated carbocycles. The largest absolute Gasteiger partial charge is 0.432 e. The summed E-state index contributed by atoms with van der Waals surface area (Å²) in [5, 5.41) is 0. The van der Waals surface area contributed by atoms with Crippen LogP contribution in [-0.2, 0) is 6.11 Å². The Balaban J connectivity index is 1.30. The predicted molar refractivity (Wildman–Crippen MR) is 157 cm³/mol. The molecule has 4 aromatic rings. The Morgan fingerprint density at radius 2 is 1.27 bits per heavy atom. The third-order valence-electron chi connectivity index (χ3n) is 8.36. The van der Waals surface area contributed by atoms with Crippen molar-refractivity contribution in [3.8, 4) is 28.0 Å². The van der Waals surface area contributed by atoms with Crippen LogP contribution in [0.4, 0.5) is 35.1 Å². The summed E-state index contributed by atoms with van der Waals surface area (Å²) >= 11 is 0. The highest BCUT2D eigenvalue weighted by Gasteiger charge is 2.41. The van der Waals surface area contributed by atoms with Gasteiger partial charge in [0.25, 0.3) is 0 Å². The average Bonchev–Trinajstić information content (AvgIpc) is 2.99. The molecule has 0 saturated heterocycles. The first-order valence-electron chi connectivity index (χ1n) is 14.7. The van der Waals surface area contributed by atoms with Crippen LogP contribution in [-0.4, -0.2) is 0 Å². The Kier molecular flexibility index (Phi) is 9.65. The lowest BCUT2D eigenvalue weighted by atomic mass is 9.77. The van der Waals surface area contributed by atoms with Crippen molar-refractivity contribution in [3.63, 3.8) is 0 Å². The smallest absolute Gasteiger partial charge is 0.429 e. The molecule has 1 aliphatic rings. The van der Waals surface area contributed by atoms with E-state index in [9.17, 15) is 30.7 Å². The molecule has 0 aliphatic heterocycles. The molecule has 1 aliphatic carbocycles. The van der Waals surface area contributed by atoms with Crippen LogP contribution >= 0.6 is 0 Å². The first-order valence-corrected chi connectivity index (χ1v) is 14.7. The summed E-state index contributed by atoms with van der Waals surface area (Å²) in [6, 6.07) is 13.1. The van der Waals surface area contributed by atoms with Gasteiger partial charge in [-0.05, 0) is 97.7 Å². The third kappa shape index (κ3) is 7.24. The molecule has 0 unspecified atom stereocenters. The highest BCUT2D eigenvalue weighted by Crippen LogP contribution is 2.40. The molecule has 0 heterocycles. The normalized spacial score (nSPS) is 17.2. The molecule has 0 amide bonds. The number of ether oxygens (including phenoxy) is 1. The zero-order chi connectivity index (χ0) is 32.3. The van der Waals surface area contributed by atoms with Crippen molar-refractivity contribution in [3.05, 3.63) is 125 Å². The van der Waals surface area contributed by atoms with Gasteiger partial charge in [-0.3, -0.25) is 0 Å². The fourth-order valence-corrected chi connectivity index (χ4v) is 5.96. The Hall–Kier alpha value is -4.14. The number of alkyl halides is 2. The Labute approximate surface area is 256 Å². The van der Waals surface area contributed by atoms with Gasteiger partial charge in [-0.1, -0.05) is 48.6 Å². The number of rotatable bonds is 9. The molecule has 0 aromatic heterocycles. The van der Waals surface area contributed by atoms with Crippen LogP contribution in [0.1, 0.15) is 62.5 Å². The van der Waals surface area contributed by atoms with Crippen LogP contribution < -0.4 is 4.74 Å². The highest BCUT2D eigenvalue weighted by atomic mass is 19.3. The average molecular weight is 631 g/mol. The first kappa shape index (κ1) is 32.3. The Morgan fingerprint density at radius 1 is 0.689 bits per heavy atom. The molecule has 45 heavy (non-hydrogen) atoms. The number of benzene rings is 4. The van der Waals surface area contributed by atoms with E-state index in [0.29, 0.717) is 23.6 Å². The quantitative estimate of drug-likeness (QED) is 0.102. The van der Waals surface area contributed by atoms with Gasteiger partial charge in [0.05, 0.1) is 0 Å². The minimum absolute atomic E-state index is 0.111. The summed E-state index contributed by atoms with van der Waals surface area (Å²) in [5.74, 6) is -9.98. The topological polar surface area (TPSA) is 9.23 Å². The molecule has 0 atom stereocenters. The Bertz CT molecular complexity index is 1640. The van der Waals surface area contributed by atoms with Crippen LogP contribution in [0.2, 0.25) is 0 Å². The maximum absolute atomic E-state index is 15.2. The van der Waals surface area contributed by atoms with Gasteiger partial charge >= 0.3 is 6.11 Å². The van der Waals surface area contributed by atoms with Crippen molar-refractivity contribution in [1.29, 1.82) is 0 Å². The molecule has 1 nitrogen and oxygen atoms in total. The lowest BCUT2D eigenvalue weighted by Gasteiger charge is -2.28. The summed E-state index contributed by atoms with van der Waals surface area (Å²) in [6.45, 7) is 2.03. The minimum atomic E-state index is -4.75. The second kappa shape index (κ2) is 13.5. The van der Waals surface area contributed by atoms with Crippen LogP contribution in [0.3, 0.4) is 0 Å². The fraction of sp³-hybridized carbons (Fsp3) is 0.278.